The van der Waals surface area contributed by atoms with Crippen LogP contribution in [0.3, 0.4) is 0 Å². The van der Waals surface area contributed by atoms with Crippen molar-refractivity contribution in [2.45, 2.75) is 13.0 Å². The molecule has 6 nitrogen and oxygen atoms in total. The lowest BCUT2D eigenvalue weighted by atomic mass is 10.2. The zero-order chi connectivity index (χ0) is 14.1. The lowest BCUT2D eigenvalue weighted by Gasteiger charge is -2.03. The van der Waals surface area contributed by atoms with Crippen molar-refractivity contribution in [3.63, 3.8) is 0 Å². The SMILES string of the molecule is CC(N)c1nc(C(=O)Nc2ccc3[nH]ncc3c2)cs1. The lowest BCUT2D eigenvalue weighted by molar-refractivity contribution is 0.102. The Labute approximate surface area is 119 Å². The summed E-state index contributed by atoms with van der Waals surface area (Å²) in [5.41, 5.74) is 7.75. The molecule has 20 heavy (non-hydrogen) atoms. The van der Waals surface area contributed by atoms with Gasteiger partial charge in [-0.25, -0.2) is 4.98 Å². The van der Waals surface area contributed by atoms with Gasteiger partial charge in [0.15, 0.2) is 0 Å². The molecule has 0 aliphatic heterocycles. The minimum Gasteiger partial charge on any atom is -0.322 e. The van der Waals surface area contributed by atoms with Crippen LogP contribution >= 0.6 is 11.3 Å². The van der Waals surface area contributed by atoms with Crippen LogP contribution in [0.5, 0.6) is 0 Å². The number of hydrogen-bond donors (Lipinski definition) is 3. The molecule has 4 N–H and O–H groups in total. The van der Waals surface area contributed by atoms with Crippen molar-refractivity contribution < 1.29 is 4.79 Å². The summed E-state index contributed by atoms with van der Waals surface area (Å²) < 4.78 is 0. The van der Waals surface area contributed by atoms with E-state index in [2.05, 4.69) is 20.5 Å². The van der Waals surface area contributed by atoms with E-state index in [-0.39, 0.29) is 11.9 Å². The van der Waals surface area contributed by atoms with Gasteiger partial charge in [-0.15, -0.1) is 11.3 Å². The average Bonchev–Trinajstić information content (AvgIpc) is 3.07. The molecule has 3 aromatic rings. The summed E-state index contributed by atoms with van der Waals surface area (Å²) in [6.07, 6.45) is 1.71. The molecule has 0 bridgehead atoms. The molecule has 3 rings (SSSR count). The molecule has 1 atom stereocenters. The number of carbonyl (C=O) groups excluding carboxylic acids is 1. The fourth-order valence-electron chi connectivity index (χ4n) is 1.82. The number of H-pyrrole nitrogens is 1. The predicted octanol–water partition coefficient (Wildman–Crippen LogP) is 2.29. The van der Waals surface area contributed by atoms with Crippen LogP contribution in [0.25, 0.3) is 10.9 Å². The highest BCUT2D eigenvalue weighted by molar-refractivity contribution is 7.09. The molecular formula is C13H13N5OS. The van der Waals surface area contributed by atoms with E-state index < -0.39 is 0 Å². The van der Waals surface area contributed by atoms with Crippen molar-refractivity contribution in [2.75, 3.05) is 5.32 Å². The Hall–Kier alpha value is -2.25. The van der Waals surface area contributed by atoms with Gasteiger partial charge in [0.1, 0.15) is 10.7 Å². The second-order valence-electron chi connectivity index (χ2n) is 4.49. The Kier molecular flexibility index (Phi) is 3.21. The summed E-state index contributed by atoms with van der Waals surface area (Å²) >= 11 is 1.39. The highest BCUT2D eigenvalue weighted by atomic mass is 32.1. The zero-order valence-electron chi connectivity index (χ0n) is 10.8. The summed E-state index contributed by atoms with van der Waals surface area (Å²) in [6.45, 7) is 1.84. The minimum absolute atomic E-state index is 0.163. The van der Waals surface area contributed by atoms with Gasteiger partial charge < -0.3 is 11.1 Å². The van der Waals surface area contributed by atoms with Crippen molar-refractivity contribution in [1.29, 1.82) is 0 Å². The van der Waals surface area contributed by atoms with Crippen LogP contribution in [0.15, 0.2) is 29.8 Å². The van der Waals surface area contributed by atoms with E-state index in [1.165, 1.54) is 11.3 Å². The number of nitrogens with one attached hydrogen (secondary N) is 2. The highest BCUT2D eigenvalue weighted by Gasteiger charge is 2.13. The number of rotatable bonds is 3. The van der Waals surface area contributed by atoms with Gasteiger partial charge in [-0.3, -0.25) is 9.89 Å². The standard InChI is InChI=1S/C13H13N5OS/c1-7(14)13-17-11(6-20-13)12(19)16-9-2-3-10-8(4-9)5-15-18-10/h2-7H,14H2,1H3,(H,15,18)(H,16,19). The van der Waals surface area contributed by atoms with E-state index in [1.807, 2.05) is 25.1 Å². The van der Waals surface area contributed by atoms with E-state index in [0.29, 0.717) is 11.4 Å². The summed E-state index contributed by atoms with van der Waals surface area (Å²) in [5, 5.41) is 13.0. The molecular weight excluding hydrogens is 274 g/mol. The molecule has 0 aliphatic rings. The number of nitrogens with two attached hydrogens (primary N) is 1. The van der Waals surface area contributed by atoms with E-state index in [9.17, 15) is 4.79 Å². The van der Waals surface area contributed by atoms with Crippen LogP contribution in [0.4, 0.5) is 5.69 Å². The van der Waals surface area contributed by atoms with Crippen LogP contribution in [0.1, 0.15) is 28.5 Å². The molecule has 0 saturated heterocycles. The van der Waals surface area contributed by atoms with Gasteiger partial charge in [-0.2, -0.15) is 5.10 Å². The average molecular weight is 287 g/mol. The first kappa shape index (κ1) is 12.8. The number of benzene rings is 1. The smallest absolute Gasteiger partial charge is 0.275 e. The molecule has 1 unspecified atom stereocenters. The third-order valence-corrected chi connectivity index (χ3v) is 3.89. The van der Waals surface area contributed by atoms with Crippen molar-refractivity contribution in [2.24, 2.45) is 5.73 Å². The van der Waals surface area contributed by atoms with Crippen LogP contribution < -0.4 is 11.1 Å². The van der Waals surface area contributed by atoms with Crippen LogP contribution in [0.2, 0.25) is 0 Å². The molecule has 2 heterocycles. The molecule has 0 aliphatic carbocycles. The third-order valence-electron chi connectivity index (χ3n) is 2.84. The maximum Gasteiger partial charge on any atom is 0.275 e. The number of amides is 1. The molecule has 102 valence electrons. The molecule has 1 amide bonds. The van der Waals surface area contributed by atoms with Gasteiger partial charge >= 0.3 is 0 Å². The molecule has 1 aromatic carbocycles. The van der Waals surface area contributed by atoms with Gasteiger partial charge in [0.25, 0.3) is 5.91 Å². The summed E-state index contributed by atoms with van der Waals surface area (Å²) in [7, 11) is 0. The maximum atomic E-state index is 12.1. The number of fused-ring (bicyclic) bond motifs is 1. The second kappa shape index (κ2) is 5.03. The van der Waals surface area contributed by atoms with Gasteiger partial charge in [-0.05, 0) is 25.1 Å². The summed E-state index contributed by atoms with van der Waals surface area (Å²) in [6, 6.07) is 5.38. The van der Waals surface area contributed by atoms with Crippen LogP contribution in [0, 0.1) is 0 Å². The Bertz CT molecular complexity index is 761. The molecule has 2 aromatic heterocycles. The fraction of sp³-hybridized carbons (Fsp3) is 0.154. The van der Waals surface area contributed by atoms with Gasteiger partial charge in [0.2, 0.25) is 0 Å². The van der Waals surface area contributed by atoms with Crippen LogP contribution in [-0.4, -0.2) is 21.1 Å². The number of hydrogen-bond acceptors (Lipinski definition) is 5. The van der Waals surface area contributed by atoms with Gasteiger partial charge in [0, 0.05) is 16.5 Å². The summed E-state index contributed by atoms with van der Waals surface area (Å²) in [5.74, 6) is -0.240. The Morgan fingerprint density at radius 2 is 2.35 bits per heavy atom. The fourth-order valence-corrected chi connectivity index (χ4v) is 2.57. The largest absolute Gasteiger partial charge is 0.322 e. The van der Waals surface area contributed by atoms with E-state index in [1.54, 1.807) is 11.6 Å². The normalized spacial score (nSPS) is 12.5. The zero-order valence-corrected chi connectivity index (χ0v) is 11.6. The molecule has 0 radical (unpaired) electrons. The molecule has 0 spiro atoms. The van der Waals surface area contributed by atoms with E-state index in [4.69, 9.17) is 5.73 Å². The predicted molar refractivity (Wildman–Crippen MR) is 78.8 cm³/mol. The third kappa shape index (κ3) is 2.40. The first-order valence-corrected chi connectivity index (χ1v) is 6.97. The van der Waals surface area contributed by atoms with E-state index >= 15 is 0 Å². The van der Waals surface area contributed by atoms with Crippen molar-refractivity contribution in [3.8, 4) is 0 Å². The van der Waals surface area contributed by atoms with Crippen molar-refractivity contribution in [3.05, 3.63) is 40.5 Å². The highest BCUT2D eigenvalue weighted by Crippen LogP contribution is 2.19. The molecule has 7 heteroatoms. The minimum atomic E-state index is -0.240. The lowest BCUT2D eigenvalue weighted by Crippen LogP contribution is -2.13. The first-order valence-electron chi connectivity index (χ1n) is 6.09. The molecule has 0 fully saturated rings. The Morgan fingerprint density at radius 3 is 3.10 bits per heavy atom. The first-order chi connectivity index (χ1) is 9.63. The molecule has 0 saturated carbocycles. The number of aromatic amines is 1. The van der Waals surface area contributed by atoms with E-state index in [0.717, 1.165) is 15.9 Å². The number of nitrogens with zero attached hydrogens (tertiary/aromatic N) is 2. The topological polar surface area (TPSA) is 96.7 Å². The summed E-state index contributed by atoms with van der Waals surface area (Å²) in [4.78, 5) is 16.3. The van der Waals surface area contributed by atoms with Crippen molar-refractivity contribution in [1.82, 2.24) is 15.2 Å². The maximum absolute atomic E-state index is 12.1. The quantitative estimate of drug-likeness (QED) is 0.688. The van der Waals surface area contributed by atoms with Gasteiger partial charge in [-0.1, -0.05) is 0 Å². The monoisotopic (exact) mass is 287 g/mol. The van der Waals surface area contributed by atoms with Crippen LogP contribution in [-0.2, 0) is 0 Å². The number of anilines is 1. The number of carbonyl (C=O) groups is 1. The van der Waals surface area contributed by atoms with Gasteiger partial charge in [0.05, 0.1) is 17.8 Å². The number of thiazole rings is 1. The number of aromatic nitrogens is 3. The second-order valence-corrected chi connectivity index (χ2v) is 5.38. The van der Waals surface area contributed by atoms with Crippen molar-refractivity contribution >= 4 is 33.8 Å². The Balaban J connectivity index is 1.80. The Morgan fingerprint density at radius 1 is 1.50 bits per heavy atom.